The van der Waals surface area contributed by atoms with E-state index < -0.39 is 0 Å². The van der Waals surface area contributed by atoms with Gasteiger partial charge in [-0.15, -0.1) is 11.8 Å². The van der Waals surface area contributed by atoms with Crippen molar-refractivity contribution in [3.63, 3.8) is 0 Å². The molecular weight excluding hydrogens is 240 g/mol. The minimum absolute atomic E-state index is 0.359. The Bertz CT molecular complexity index is 568. The van der Waals surface area contributed by atoms with Crippen LogP contribution in [0.2, 0.25) is 0 Å². The van der Waals surface area contributed by atoms with Gasteiger partial charge in [-0.05, 0) is 17.7 Å². The maximum Gasteiger partial charge on any atom is 0.0669 e. The van der Waals surface area contributed by atoms with Crippen molar-refractivity contribution in [2.75, 3.05) is 11.9 Å². The lowest BCUT2D eigenvalue weighted by atomic mass is 9.98. The highest BCUT2D eigenvalue weighted by atomic mass is 32.2. The van der Waals surface area contributed by atoms with Crippen molar-refractivity contribution in [3.05, 3.63) is 48.1 Å². The molecule has 1 aliphatic carbocycles. The zero-order valence-electron chi connectivity index (χ0n) is 10.2. The Kier molecular flexibility index (Phi) is 2.89. The molecule has 0 saturated heterocycles. The lowest BCUT2D eigenvalue weighted by Gasteiger charge is -2.40. The summed E-state index contributed by atoms with van der Waals surface area (Å²) in [6.45, 7) is 0. The van der Waals surface area contributed by atoms with Gasteiger partial charge in [-0.3, -0.25) is 0 Å². The topological polar surface area (TPSA) is 27.0 Å². The van der Waals surface area contributed by atoms with E-state index in [2.05, 4.69) is 60.5 Å². The second-order valence-corrected chi connectivity index (χ2v) is 5.81. The van der Waals surface area contributed by atoms with E-state index in [0.29, 0.717) is 17.7 Å². The number of allylic oxidation sites excluding steroid dienone is 2. The molecule has 2 aliphatic rings. The van der Waals surface area contributed by atoms with E-state index >= 15 is 0 Å². The third-order valence-electron chi connectivity index (χ3n) is 3.46. The van der Waals surface area contributed by atoms with Gasteiger partial charge in [0.1, 0.15) is 0 Å². The molecule has 1 aromatic carbocycles. The van der Waals surface area contributed by atoms with Gasteiger partial charge in [-0.1, -0.05) is 30.4 Å². The quantitative estimate of drug-likeness (QED) is 0.768. The van der Waals surface area contributed by atoms with Crippen LogP contribution in [0, 0.1) is 11.3 Å². The molecular formula is C15H14N2S. The standard InChI is InChI=1S/C15H14N2S/c1-17-12-4-2-3-5-14(12)18-15-7-6-11(8-9-16)10-13(15)17/h2-7,10,13,15H,8H2,1H3/t13-,15-/m0/s1. The van der Waals surface area contributed by atoms with Gasteiger partial charge in [0.25, 0.3) is 0 Å². The molecule has 0 fully saturated rings. The monoisotopic (exact) mass is 254 g/mol. The Morgan fingerprint density at radius 1 is 1.39 bits per heavy atom. The molecule has 2 atom stereocenters. The first-order valence-corrected chi connectivity index (χ1v) is 6.92. The SMILES string of the molecule is CN1c2ccccc2S[C@H]2C=CC(CC#N)=C[C@@H]21. The van der Waals surface area contributed by atoms with E-state index in [1.165, 1.54) is 10.6 Å². The predicted molar refractivity (Wildman–Crippen MR) is 75.7 cm³/mol. The van der Waals surface area contributed by atoms with Crippen molar-refractivity contribution in [2.45, 2.75) is 22.6 Å². The first-order chi connectivity index (χ1) is 8.79. The summed E-state index contributed by atoms with van der Waals surface area (Å²) in [4.78, 5) is 3.65. The first kappa shape index (κ1) is 11.4. The fraction of sp³-hybridized carbons (Fsp3) is 0.267. The minimum atomic E-state index is 0.359. The van der Waals surface area contributed by atoms with Crippen LogP contribution in [-0.4, -0.2) is 18.3 Å². The van der Waals surface area contributed by atoms with Gasteiger partial charge in [-0.25, -0.2) is 0 Å². The summed E-state index contributed by atoms with van der Waals surface area (Å²) >= 11 is 1.91. The highest BCUT2D eigenvalue weighted by molar-refractivity contribution is 8.00. The number of thioether (sulfide) groups is 1. The molecule has 18 heavy (non-hydrogen) atoms. The van der Waals surface area contributed by atoms with Gasteiger partial charge in [0, 0.05) is 11.9 Å². The molecule has 0 bridgehead atoms. The molecule has 0 aromatic heterocycles. The Labute approximate surface area is 112 Å². The molecule has 90 valence electrons. The Morgan fingerprint density at radius 3 is 3.06 bits per heavy atom. The van der Waals surface area contributed by atoms with E-state index in [4.69, 9.17) is 5.26 Å². The third kappa shape index (κ3) is 1.83. The van der Waals surface area contributed by atoms with Crippen molar-refractivity contribution < 1.29 is 0 Å². The van der Waals surface area contributed by atoms with Crippen LogP contribution >= 0.6 is 11.8 Å². The lowest BCUT2D eigenvalue weighted by Crippen LogP contribution is -2.41. The molecule has 0 unspecified atom stereocenters. The van der Waals surface area contributed by atoms with Gasteiger partial charge in [0.2, 0.25) is 0 Å². The van der Waals surface area contributed by atoms with Crippen LogP contribution in [0.1, 0.15) is 6.42 Å². The highest BCUT2D eigenvalue weighted by Crippen LogP contribution is 2.43. The van der Waals surface area contributed by atoms with E-state index in [9.17, 15) is 0 Å². The third-order valence-corrected chi connectivity index (χ3v) is 4.77. The number of nitrogens with zero attached hydrogens (tertiary/aromatic N) is 2. The number of hydrogen-bond acceptors (Lipinski definition) is 3. The molecule has 0 saturated carbocycles. The lowest BCUT2D eigenvalue weighted by molar-refractivity contribution is 0.739. The predicted octanol–water partition coefficient (Wildman–Crippen LogP) is 3.38. The second-order valence-electron chi connectivity index (χ2n) is 4.59. The van der Waals surface area contributed by atoms with Crippen molar-refractivity contribution >= 4 is 17.4 Å². The Morgan fingerprint density at radius 2 is 2.22 bits per heavy atom. The number of fused-ring (bicyclic) bond motifs is 2. The molecule has 0 N–H and O–H groups in total. The number of nitriles is 1. The summed E-state index contributed by atoms with van der Waals surface area (Å²) in [5, 5.41) is 9.25. The zero-order chi connectivity index (χ0) is 12.5. The molecule has 0 radical (unpaired) electrons. The Balaban J connectivity index is 1.97. The molecule has 1 heterocycles. The van der Waals surface area contributed by atoms with Crippen LogP contribution in [-0.2, 0) is 0 Å². The fourth-order valence-electron chi connectivity index (χ4n) is 2.51. The molecule has 2 nitrogen and oxygen atoms in total. The molecule has 1 aliphatic heterocycles. The second kappa shape index (κ2) is 4.55. The largest absolute Gasteiger partial charge is 0.366 e. The van der Waals surface area contributed by atoms with Gasteiger partial charge < -0.3 is 4.90 Å². The van der Waals surface area contributed by atoms with Crippen LogP contribution in [0.15, 0.2) is 53.0 Å². The average Bonchev–Trinajstić information content (AvgIpc) is 2.40. The summed E-state index contributed by atoms with van der Waals surface area (Å²) in [6, 6.07) is 11.1. The maximum atomic E-state index is 8.79. The van der Waals surface area contributed by atoms with Crippen LogP contribution in [0.3, 0.4) is 0 Å². The van der Waals surface area contributed by atoms with E-state index in [-0.39, 0.29) is 0 Å². The van der Waals surface area contributed by atoms with Crippen LogP contribution < -0.4 is 4.90 Å². The van der Waals surface area contributed by atoms with E-state index in [0.717, 1.165) is 5.57 Å². The number of anilines is 1. The van der Waals surface area contributed by atoms with Gasteiger partial charge in [0.15, 0.2) is 0 Å². The fourth-order valence-corrected chi connectivity index (χ4v) is 3.85. The van der Waals surface area contributed by atoms with Crippen LogP contribution in [0.5, 0.6) is 0 Å². The smallest absolute Gasteiger partial charge is 0.0669 e. The summed E-state index contributed by atoms with van der Waals surface area (Å²) in [7, 11) is 2.13. The van der Waals surface area contributed by atoms with Gasteiger partial charge >= 0.3 is 0 Å². The van der Waals surface area contributed by atoms with Crippen LogP contribution in [0.4, 0.5) is 5.69 Å². The van der Waals surface area contributed by atoms with Crippen molar-refractivity contribution in [2.24, 2.45) is 0 Å². The van der Waals surface area contributed by atoms with E-state index in [1.54, 1.807) is 0 Å². The number of benzene rings is 1. The summed E-state index contributed by atoms with van der Waals surface area (Å²) in [5.41, 5.74) is 2.41. The summed E-state index contributed by atoms with van der Waals surface area (Å²) in [5.74, 6) is 0. The molecule has 1 aromatic rings. The van der Waals surface area contributed by atoms with Crippen LogP contribution in [0.25, 0.3) is 0 Å². The molecule has 0 amide bonds. The minimum Gasteiger partial charge on any atom is -0.366 e. The van der Waals surface area contributed by atoms with Crippen molar-refractivity contribution in [3.8, 4) is 6.07 Å². The zero-order valence-corrected chi connectivity index (χ0v) is 11.0. The van der Waals surface area contributed by atoms with Gasteiger partial charge in [-0.2, -0.15) is 5.26 Å². The first-order valence-electron chi connectivity index (χ1n) is 6.04. The van der Waals surface area contributed by atoms with Gasteiger partial charge in [0.05, 0.1) is 29.5 Å². The number of likely N-dealkylation sites (N-methyl/N-ethyl adjacent to an activating group) is 1. The van der Waals surface area contributed by atoms with Crippen molar-refractivity contribution in [1.29, 1.82) is 5.26 Å². The molecule has 3 rings (SSSR count). The molecule has 0 spiro atoms. The number of para-hydroxylation sites is 1. The normalized spacial score (nSPS) is 24.9. The summed E-state index contributed by atoms with van der Waals surface area (Å²) < 4.78 is 0. The molecule has 3 heteroatoms. The summed E-state index contributed by atoms with van der Waals surface area (Å²) in [6.07, 6.45) is 7.06. The Hall–Kier alpha value is -1.66. The maximum absolute atomic E-state index is 8.79. The van der Waals surface area contributed by atoms with Crippen molar-refractivity contribution in [1.82, 2.24) is 0 Å². The van der Waals surface area contributed by atoms with E-state index in [1.807, 2.05) is 11.8 Å². The number of rotatable bonds is 1. The average molecular weight is 254 g/mol. The number of hydrogen-bond donors (Lipinski definition) is 0. The highest BCUT2D eigenvalue weighted by Gasteiger charge is 2.31.